The van der Waals surface area contributed by atoms with Crippen molar-refractivity contribution in [1.29, 1.82) is 0 Å². The summed E-state index contributed by atoms with van der Waals surface area (Å²) in [7, 11) is 1.66. The molecule has 0 amide bonds. The van der Waals surface area contributed by atoms with Gasteiger partial charge in [-0.2, -0.15) is 0 Å². The van der Waals surface area contributed by atoms with Gasteiger partial charge in [-0.3, -0.25) is 0 Å². The van der Waals surface area contributed by atoms with Crippen LogP contribution in [-0.2, 0) is 0 Å². The second-order valence-electron chi connectivity index (χ2n) is 6.02. The molecule has 0 aromatic heterocycles. The Morgan fingerprint density at radius 1 is 0.815 bits per heavy atom. The van der Waals surface area contributed by atoms with Crippen molar-refractivity contribution in [2.45, 2.75) is 6.42 Å². The maximum absolute atomic E-state index is 8.71. The van der Waals surface area contributed by atoms with Crippen LogP contribution >= 0.6 is 0 Å². The highest BCUT2D eigenvalue weighted by Gasteiger charge is 2.14. The van der Waals surface area contributed by atoms with Gasteiger partial charge in [-0.15, -0.1) is 0 Å². The first kappa shape index (κ1) is 18.3. The third-order valence-corrected chi connectivity index (χ3v) is 4.39. The maximum Gasteiger partial charge on any atom is 0.118 e. The van der Waals surface area contributed by atoms with Gasteiger partial charge in [0.1, 0.15) is 5.75 Å². The number of hydrogen-bond acceptors (Lipinski definition) is 2. The second kappa shape index (κ2) is 9.27. The summed E-state index contributed by atoms with van der Waals surface area (Å²) in [6.07, 6.45) is 0.657. The zero-order valence-electron chi connectivity index (χ0n) is 15.2. The van der Waals surface area contributed by atoms with Gasteiger partial charge in [0.25, 0.3) is 0 Å². The highest BCUT2D eigenvalue weighted by atomic mass is 16.5. The first-order chi connectivity index (χ1) is 13.3. The third-order valence-electron chi connectivity index (χ3n) is 4.39. The molecule has 4 nitrogen and oxygen atoms in total. The number of benzene rings is 3. The molecule has 0 fully saturated rings. The predicted octanol–water partition coefficient (Wildman–Crippen LogP) is 6.35. The summed E-state index contributed by atoms with van der Waals surface area (Å²) < 4.78 is 5.31. The number of nitrogens with zero attached hydrogens (tertiary/aromatic N) is 3. The minimum absolute atomic E-state index is 0.410. The highest BCUT2D eigenvalue weighted by Crippen LogP contribution is 2.35. The number of azide groups is 1. The van der Waals surface area contributed by atoms with E-state index in [1.165, 1.54) is 0 Å². The van der Waals surface area contributed by atoms with Crippen LogP contribution in [-0.4, -0.2) is 13.7 Å². The maximum atomic E-state index is 8.71. The van der Waals surface area contributed by atoms with E-state index < -0.39 is 0 Å². The quantitative estimate of drug-likeness (QED) is 0.211. The molecule has 27 heavy (non-hydrogen) atoms. The molecular weight excluding hydrogens is 334 g/mol. The van der Waals surface area contributed by atoms with Gasteiger partial charge in [0.15, 0.2) is 0 Å². The van der Waals surface area contributed by atoms with Gasteiger partial charge in [-0.25, -0.2) is 0 Å². The second-order valence-corrected chi connectivity index (χ2v) is 6.02. The van der Waals surface area contributed by atoms with Crippen LogP contribution in [0, 0.1) is 0 Å². The number of ether oxygens (including phenoxy) is 1. The molecule has 0 heterocycles. The van der Waals surface area contributed by atoms with E-state index in [9.17, 15) is 0 Å². The topological polar surface area (TPSA) is 58.0 Å². The van der Waals surface area contributed by atoms with E-state index in [1.807, 2.05) is 48.5 Å². The molecule has 134 valence electrons. The Morgan fingerprint density at radius 2 is 1.37 bits per heavy atom. The summed E-state index contributed by atoms with van der Waals surface area (Å²) in [4.78, 5) is 2.91. The fourth-order valence-corrected chi connectivity index (χ4v) is 3.14. The van der Waals surface area contributed by atoms with Crippen molar-refractivity contribution in [3.05, 3.63) is 112 Å². The lowest BCUT2D eigenvalue weighted by Gasteiger charge is -2.17. The first-order valence-electron chi connectivity index (χ1n) is 8.82. The lowest BCUT2D eigenvalue weighted by atomic mass is 9.88. The van der Waals surface area contributed by atoms with Crippen molar-refractivity contribution in [3.63, 3.8) is 0 Å². The average molecular weight is 355 g/mol. The Balaban J connectivity index is 2.22. The van der Waals surface area contributed by atoms with E-state index in [-0.39, 0.29) is 0 Å². The van der Waals surface area contributed by atoms with Crippen LogP contribution in [0.4, 0.5) is 0 Å². The van der Waals surface area contributed by atoms with Crippen molar-refractivity contribution >= 4 is 11.1 Å². The summed E-state index contributed by atoms with van der Waals surface area (Å²) in [6.45, 7) is 0.410. The van der Waals surface area contributed by atoms with Gasteiger partial charge in [0.2, 0.25) is 0 Å². The number of methoxy groups -OCH3 is 1. The molecule has 0 spiro atoms. The molecule has 0 aliphatic heterocycles. The van der Waals surface area contributed by atoms with E-state index in [0.717, 1.165) is 33.6 Å². The van der Waals surface area contributed by atoms with Crippen LogP contribution in [0.5, 0.6) is 5.75 Å². The molecule has 0 N–H and O–H groups in total. The molecule has 0 atom stereocenters. The van der Waals surface area contributed by atoms with Crippen LogP contribution in [0.2, 0.25) is 0 Å². The number of hydrogen-bond donors (Lipinski definition) is 0. The minimum Gasteiger partial charge on any atom is -0.497 e. The molecule has 0 bridgehead atoms. The molecule has 0 radical (unpaired) electrons. The Labute approximate surface area is 159 Å². The van der Waals surface area contributed by atoms with E-state index in [4.69, 9.17) is 10.3 Å². The van der Waals surface area contributed by atoms with Crippen molar-refractivity contribution in [2.75, 3.05) is 13.7 Å². The molecule has 0 aliphatic rings. The third kappa shape index (κ3) is 4.57. The van der Waals surface area contributed by atoms with Crippen molar-refractivity contribution < 1.29 is 4.74 Å². The lowest BCUT2D eigenvalue weighted by molar-refractivity contribution is 0.415. The van der Waals surface area contributed by atoms with Gasteiger partial charge >= 0.3 is 0 Å². The Bertz CT molecular complexity index is 942. The summed E-state index contributed by atoms with van der Waals surface area (Å²) in [5.41, 5.74) is 14.3. The fraction of sp³-hybridized carbons (Fsp3) is 0.130. The fourth-order valence-electron chi connectivity index (χ4n) is 3.14. The molecule has 0 aliphatic carbocycles. The van der Waals surface area contributed by atoms with Crippen LogP contribution in [0.25, 0.3) is 21.6 Å². The van der Waals surface area contributed by atoms with Gasteiger partial charge in [-0.1, -0.05) is 77.9 Å². The molecule has 0 saturated carbocycles. The van der Waals surface area contributed by atoms with Crippen molar-refractivity contribution in [1.82, 2.24) is 0 Å². The summed E-state index contributed by atoms with van der Waals surface area (Å²) in [5, 5.41) is 3.76. The van der Waals surface area contributed by atoms with Gasteiger partial charge in [-0.05, 0) is 51.9 Å². The molecule has 3 rings (SSSR count). The van der Waals surface area contributed by atoms with Gasteiger partial charge in [0.05, 0.1) is 7.11 Å². The molecule has 3 aromatic carbocycles. The average Bonchev–Trinajstić information content (AvgIpc) is 2.75. The van der Waals surface area contributed by atoms with Gasteiger partial charge < -0.3 is 4.74 Å². The minimum atomic E-state index is 0.410. The summed E-state index contributed by atoms with van der Waals surface area (Å²) in [5.74, 6) is 0.821. The standard InChI is InChI=1S/C23H21N3O/c1-27-21-14-12-20(13-15-21)23(19-10-6-3-7-11-19)22(16-17-25-26-24)18-8-4-2-5-9-18/h2-15H,16-17H2,1H3. The smallest absolute Gasteiger partial charge is 0.118 e. The van der Waals surface area contributed by atoms with Crippen LogP contribution in [0.15, 0.2) is 90.0 Å². The molecule has 0 unspecified atom stereocenters. The van der Waals surface area contributed by atoms with E-state index >= 15 is 0 Å². The Kier molecular flexibility index (Phi) is 6.29. The summed E-state index contributed by atoms with van der Waals surface area (Å²) in [6, 6.07) is 28.6. The zero-order valence-corrected chi connectivity index (χ0v) is 15.2. The lowest BCUT2D eigenvalue weighted by Crippen LogP contribution is -1.97. The summed E-state index contributed by atoms with van der Waals surface area (Å²) >= 11 is 0. The zero-order chi connectivity index (χ0) is 18.9. The predicted molar refractivity (Wildman–Crippen MR) is 110 cm³/mol. The first-order valence-corrected chi connectivity index (χ1v) is 8.82. The Morgan fingerprint density at radius 3 is 1.93 bits per heavy atom. The van der Waals surface area contributed by atoms with E-state index in [2.05, 4.69) is 46.4 Å². The SMILES string of the molecule is COc1ccc(C(=C(CCN=[N+]=[N-])c2ccccc2)c2ccccc2)cc1. The van der Waals surface area contributed by atoms with Crippen molar-refractivity contribution in [2.24, 2.45) is 5.11 Å². The van der Waals surface area contributed by atoms with Crippen molar-refractivity contribution in [3.8, 4) is 5.75 Å². The monoisotopic (exact) mass is 355 g/mol. The van der Waals surface area contributed by atoms with E-state index in [0.29, 0.717) is 13.0 Å². The van der Waals surface area contributed by atoms with Crippen LogP contribution in [0.3, 0.4) is 0 Å². The molecular formula is C23H21N3O. The molecule has 3 aromatic rings. The molecule has 4 heteroatoms. The van der Waals surface area contributed by atoms with Gasteiger partial charge in [0, 0.05) is 11.5 Å². The van der Waals surface area contributed by atoms with Crippen LogP contribution in [0.1, 0.15) is 23.1 Å². The number of rotatable bonds is 7. The molecule has 0 saturated heterocycles. The normalized spacial score (nSPS) is 11.3. The Hall–Kier alpha value is -3.49. The largest absolute Gasteiger partial charge is 0.497 e. The van der Waals surface area contributed by atoms with E-state index in [1.54, 1.807) is 7.11 Å². The highest BCUT2D eigenvalue weighted by molar-refractivity contribution is 5.98. The van der Waals surface area contributed by atoms with Crippen LogP contribution < -0.4 is 4.74 Å².